The van der Waals surface area contributed by atoms with Gasteiger partial charge in [-0.05, 0) is 31.2 Å². The van der Waals surface area contributed by atoms with Crippen LogP contribution in [0.2, 0.25) is 0 Å². The molecule has 1 heterocycles. The number of amides is 1. The highest BCUT2D eigenvalue weighted by atomic mass is 32.1. The van der Waals surface area contributed by atoms with Crippen LogP contribution in [0, 0.1) is 6.92 Å². The molecule has 29 heavy (non-hydrogen) atoms. The quantitative estimate of drug-likeness (QED) is 0.616. The van der Waals surface area contributed by atoms with Gasteiger partial charge >= 0.3 is 0 Å². The fraction of sp³-hybridized carbons (Fsp3) is 0.364. The minimum Gasteiger partial charge on any atom is -0.495 e. The van der Waals surface area contributed by atoms with Gasteiger partial charge in [0.25, 0.3) is 5.91 Å². The van der Waals surface area contributed by atoms with E-state index in [1.165, 1.54) is 16.2 Å². The lowest BCUT2D eigenvalue weighted by Crippen LogP contribution is -3.05. The molecule has 3 rings (SSSR count). The molecular formula is C22H28N3O3S+. The van der Waals surface area contributed by atoms with Crippen LogP contribution in [0.15, 0.2) is 36.4 Å². The number of hydrogen-bond donors (Lipinski definition) is 1. The summed E-state index contributed by atoms with van der Waals surface area (Å²) >= 11 is 1.45. The van der Waals surface area contributed by atoms with E-state index in [1.807, 2.05) is 43.3 Å². The van der Waals surface area contributed by atoms with E-state index in [0.29, 0.717) is 28.5 Å². The van der Waals surface area contributed by atoms with Gasteiger partial charge in [-0.3, -0.25) is 9.69 Å². The van der Waals surface area contributed by atoms with Crippen molar-refractivity contribution < 1.29 is 19.2 Å². The molecule has 0 spiro atoms. The van der Waals surface area contributed by atoms with Crippen LogP contribution in [0.5, 0.6) is 11.5 Å². The summed E-state index contributed by atoms with van der Waals surface area (Å²) in [7, 11) is 7.48. The first-order chi connectivity index (χ1) is 13.9. The molecule has 2 aromatic carbocycles. The van der Waals surface area contributed by atoms with Crippen LogP contribution in [0.1, 0.15) is 22.3 Å². The van der Waals surface area contributed by atoms with Gasteiger partial charge in [0.15, 0.2) is 5.13 Å². The molecule has 0 fully saturated rings. The second-order valence-corrected chi connectivity index (χ2v) is 8.26. The number of nitrogens with one attached hydrogen (secondary N) is 1. The maximum Gasteiger partial charge on any atom is 0.260 e. The number of quaternary nitrogens is 1. The molecule has 0 saturated heterocycles. The Balaban J connectivity index is 2.02. The van der Waals surface area contributed by atoms with Crippen molar-refractivity contribution in [3.8, 4) is 11.5 Å². The van der Waals surface area contributed by atoms with Crippen molar-refractivity contribution in [3.63, 3.8) is 0 Å². The summed E-state index contributed by atoms with van der Waals surface area (Å²) in [4.78, 5) is 21.2. The standard InChI is InChI=1S/C22H27N3O3S/c1-15-7-9-16(10-8-15)21(26)25(14-6-13-24(2)3)22-23-19-17(27-4)11-12-18(28-5)20(19)29-22/h7-12H,6,13-14H2,1-5H3/p+1. The molecule has 0 aliphatic carbocycles. The average molecular weight is 415 g/mol. The van der Waals surface area contributed by atoms with Gasteiger partial charge in [0.2, 0.25) is 0 Å². The molecule has 1 aromatic heterocycles. The van der Waals surface area contributed by atoms with Crippen molar-refractivity contribution in [1.29, 1.82) is 0 Å². The number of nitrogens with zero attached hydrogens (tertiary/aromatic N) is 2. The molecule has 0 radical (unpaired) electrons. The first kappa shape index (κ1) is 21.1. The van der Waals surface area contributed by atoms with Crippen LogP contribution in [0.3, 0.4) is 0 Å². The molecule has 0 saturated carbocycles. The molecule has 0 unspecified atom stereocenters. The SMILES string of the molecule is COc1ccc(OC)c2sc(N(CCC[NH+](C)C)C(=O)c3ccc(C)cc3)nc12. The number of benzene rings is 2. The van der Waals surface area contributed by atoms with Crippen molar-refractivity contribution in [3.05, 3.63) is 47.5 Å². The van der Waals surface area contributed by atoms with E-state index in [1.54, 1.807) is 19.1 Å². The average Bonchev–Trinajstić information content (AvgIpc) is 3.15. The third-order valence-corrected chi connectivity index (χ3v) is 5.82. The first-order valence-corrected chi connectivity index (χ1v) is 10.4. The molecule has 0 aliphatic rings. The van der Waals surface area contributed by atoms with E-state index in [2.05, 4.69) is 14.1 Å². The summed E-state index contributed by atoms with van der Waals surface area (Å²) in [6.07, 6.45) is 0.879. The molecule has 6 nitrogen and oxygen atoms in total. The molecule has 0 bridgehead atoms. The second kappa shape index (κ2) is 9.24. The van der Waals surface area contributed by atoms with Crippen LogP contribution in [-0.2, 0) is 0 Å². The van der Waals surface area contributed by atoms with Crippen LogP contribution in [0.25, 0.3) is 10.2 Å². The van der Waals surface area contributed by atoms with Gasteiger partial charge < -0.3 is 14.4 Å². The minimum absolute atomic E-state index is 0.0456. The minimum atomic E-state index is -0.0456. The van der Waals surface area contributed by atoms with Gasteiger partial charge in [-0.25, -0.2) is 4.98 Å². The fourth-order valence-corrected chi connectivity index (χ4v) is 4.22. The molecule has 1 N–H and O–H groups in total. The molecule has 0 atom stereocenters. The fourth-order valence-electron chi connectivity index (χ4n) is 3.12. The van der Waals surface area contributed by atoms with Crippen molar-refractivity contribution >= 4 is 32.6 Å². The van der Waals surface area contributed by atoms with E-state index in [4.69, 9.17) is 14.5 Å². The third-order valence-electron chi connectivity index (χ3n) is 4.73. The van der Waals surface area contributed by atoms with Gasteiger partial charge in [0.1, 0.15) is 21.7 Å². The van der Waals surface area contributed by atoms with Gasteiger partial charge in [0.05, 0.1) is 34.9 Å². The number of rotatable bonds is 8. The summed E-state index contributed by atoms with van der Waals surface area (Å²) in [6, 6.07) is 11.4. The van der Waals surface area contributed by atoms with E-state index in [0.717, 1.165) is 29.0 Å². The first-order valence-electron chi connectivity index (χ1n) is 9.63. The Morgan fingerprint density at radius 2 is 1.72 bits per heavy atom. The molecular weight excluding hydrogens is 386 g/mol. The van der Waals surface area contributed by atoms with Gasteiger partial charge in [0, 0.05) is 18.5 Å². The van der Waals surface area contributed by atoms with Crippen molar-refractivity contribution in [2.75, 3.05) is 46.3 Å². The molecule has 154 valence electrons. The maximum atomic E-state index is 13.3. The summed E-state index contributed by atoms with van der Waals surface area (Å²) in [5.74, 6) is 1.35. The summed E-state index contributed by atoms with van der Waals surface area (Å²) in [5, 5.41) is 0.655. The number of hydrogen-bond acceptors (Lipinski definition) is 5. The number of ether oxygens (including phenoxy) is 2. The van der Waals surface area contributed by atoms with E-state index in [9.17, 15) is 4.79 Å². The van der Waals surface area contributed by atoms with E-state index in [-0.39, 0.29) is 5.91 Å². The number of carbonyl (C=O) groups is 1. The van der Waals surface area contributed by atoms with Crippen LogP contribution < -0.4 is 19.3 Å². The number of aryl methyl sites for hydroxylation is 1. The predicted molar refractivity (Wildman–Crippen MR) is 118 cm³/mol. The highest BCUT2D eigenvalue weighted by Gasteiger charge is 2.23. The third kappa shape index (κ3) is 4.68. The topological polar surface area (TPSA) is 56.1 Å². The number of thiazole rings is 1. The van der Waals surface area contributed by atoms with Gasteiger partial charge in [-0.2, -0.15) is 0 Å². The normalized spacial score (nSPS) is 11.1. The zero-order valence-corrected chi connectivity index (χ0v) is 18.4. The lowest BCUT2D eigenvalue weighted by Gasteiger charge is -2.20. The lowest BCUT2D eigenvalue weighted by molar-refractivity contribution is -0.858. The Morgan fingerprint density at radius 1 is 1.07 bits per heavy atom. The van der Waals surface area contributed by atoms with Crippen LogP contribution in [-0.4, -0.2) is 52.3 Å². The van der Waals surface area contributed by atoms with Crippen molar-refractivity contribution in [2.45, 2.75) is 13.3 Å². The predicted octanol–water partition coefficient (Wildman–Crippen LogP) is 2.80. The Kier molecular flexibility index (Phi) is 6.71. The van der Waals surface area contributed by atoms with Crippen molar-refractivity contribution in [2.24, 2.45) is 0 Å². The smallest absolute Gasteiger partial charge is 0.260 e. The summed E-state index contributed by atoms with van der Waals surface area (Å²) in [6.45, 7) is 3.58. The zero-order chi connectivity index (χ0) is 21.0. The zero-order valence-electron chi connectivity index (χ0n) is 17.6. The molecule has 1 amide bonds. The van der Waals surface area contributed by atoms with Crippen LogP contribution >= 0.6 is 11.3 Å². The maximum absolute atomic E-state index is 13.3. The van der Waals surface area contributed by atoms with Crippen LogP contribution in [0.4, 0.5) is 5.13 Å². The highest BCUT2D eigenvalue weighted by molar-refractivity contribution is 7.22. The number of anilines is 1. The molecule has 0 aliphatic heterocycles. The Hall–Kier alpha value is -2.64. The Morgan fingerprint density at radius 3 is 2.34 bits per heavy atom. The van der Waals surface area contributed by atoms with E-state index < -0.39 is 0 Å². The number of methoxy groups -OCH3 is 2. The Bertz CT molecular complexity index is 942. The Labute approximate surface area is 175 Å². The largest absolute Gasteiger partial charge is 0.495 e. The summed E-state index contributed by atoms with van der Waals surface area (Å²) < 4.78 is 11.8. The van der Waals surface area contributed by atoms with Crippen molar-refractivity contribution in [1.82, 2.24) is 4.98 Å². The summed E-state index contributed by atoms with van der Waals surface area (Å²) in [5.41, 5.74) is 2.50. The molecule has 3 aromatic rings. The second-order valence-electron chi connectivity index (χ2n) is 7.28. The monoisotopic (exact) mass is 414 g/mol. The van der Waals surface area contributed by atoms with Gasteiger partial charge in [-0.15, -0.1) is 0 Å². The number of fused-ring (bicyclic) bond motifs is 1. The highest BCUT2D eigenvalue weighted by Crippen LogP contribution is 2.40. The number of aromatic nitrogens is 1. The lowest BCUT2D eigenvalue weighted by atomic mass is 10.1. The molecule has 7 heteroatoms. The van der Waals surface area contributed by atoms with Gasteiger partial charge in [-0.1, -0.05) is 29.0 Å². The number of carbonyl (C=O) groups excluding carboxylic acids is 1. The van der Waals surface area contributed by atoms with E-state index >= 15 is 0 Å².